The second-order valence-corrected chi connectivity index (χ2v) is 7.45. The summed E-state index contributed by atoms with van der Waals surface area (Å²) in [5.74, 6) is 0.921. The molecule has 1 saturated heterocycles. The van der Waals surface area contributed by atoms with E-state index in [9.17, 15) is 0 Å². The number of nitrogens with one attached hydrogen (secondary N) is 2. The Morgan fingerprint density at radius 1 is 0.963 bits per heavy atom. The van der Waals surface area contributed by atoms with Gasteiger partial charge < -0.3 is 20.3 Å². The second kappa shape index (κ2) is 15.8. The van der Waals surface area contributed by atoms with Crippen LogP contribution in [0.4, 0.5) is 0 Å². The molecule has 2 rings (SSSR count). The Morgan fingerprint density at radius 3 is 2.26 bits per heavy atom. The molecule has 0 unspecified atom stereocenters. The van der Waals surface area contributed by atoms with Crippen molar-refractivity contribution in [2.24, 2.45) is 4.99 Å². The van der Waals surface area contributed by atoms with Crippen LogP contribution in [0.2, 0.25) is 0 Å². The molecule has 27 heavy (non-hydrogen) atoms. The second-order valence-electron chi connectivity index (χ2n) is 7.45. The van der Waals surface area contributed by atoms with E-state index in [1.54, 1.807) is 0 Å². The first-order valence-electron chi connectivity index (χ1n) is 10.9. The van der Waals surface area contributed by atoms with Gasteiger partial charge >= 0.3 is 0 Å². The van der Waals surface area contributed by atoms with Gasteiger partial charge in [-0.15, -0.1) is 24.0 Å². The summed E-state index contributed by atoms with van der Waals surface area (Å²) >= 11 is 0. The Labute approximate surface area is 183 Å². The van der Waals surface area contributed by atoms with Gasteiger partial charge in [0.15, 0.2) is 5.96 Å². The molecule has 0 aromatic heterocycles. The molecule has 0 aromatic carbocycles. The van der Waals surface area contributed by atoms with Crippen molar-refractivity contribution < 1.29 is 4.74 Å². The highest BCUT2D eigenvalue weighted by atomic mass is 127. The molecule has 1 saturated carbocycles. The largest absolute Gasteiger partial charge is 0.376 e. The average molecular weight is 495 g/mol. The van der Waals surface area contributed by atoms with Crippen LogP contribution in [0.1, 0.15) is 52.4 Å². The Balaban J connectivity index is 0.00000364. The van der Waals surface area contributed by atoms with E-state index < -0.39 is 0 Å². The standard InChI is InChI=1S/C20H41N5O.HI/c1-3-21-20(22-11-13-25-16-14-24(4-2)15-17-25)23-12-18-26-19-9-7-5-6-8-10-19;/h19H,3-18H2,1-2H3,(H2,21,22,23);1H. The highest BCUT2D eigenvalue weighted by molar-refractivity contribution is 14.0. The first kappa shape index (κ1) is 24.9. The first-order valence-corrected chi connectivity index (χ1v) is 10.9. The molecule has 0 spiro atoms. The molecule has 0 amide bonds. The summed E-state index contributed by atoms with van der Waals surface area (Å²) in [6, 6.07) is 0. The minimum Gasteiger partial charge on any atom is -0.376 e. The number of ether oxygens (including phenoxy) is 1. The number of aliphatic imine (C=N–C) groups is 1. The minimum atomic E-state index is 0. The molecule has 0 atom stereocenters. The molecule has 7 heteroatoms. The van der Waals surface area contributed by atoms with Crippen LogP contribution >= 0.6 is 24.0 Å². The predicted molar refractivity (Wildman–Crippen MR) is 125 cm³/mol. The number of likely N-dealkylation sites (N-methyl/N-ethyl adjacent to an activating group) is 1. The molecule has 2 N–H and O–H groups in total. The molecule has 2 aliphatic rings. The van der Waals surface area contributed by atoms with E-state index in [4.69, 9.17) is 9.73 Å². The number of hydrogen-bond acceptors (Lipinski definition) is 4. The molecule has 0 radical (unpaired) electrons. The van der Waals surface area contributed by atoms with Crippen molar-refractivity contribution >= 4 is 29.9 Å². The molecule has 2 fully saturated rings. The van der Waals surface area contributed by atoms with Crippen molar-refractivity contribution in [3.8, 4) is 0 Å². The molecule has 160 valence electrons. The fraction of sp³-hybridized carbons (Fsp3) is 0.950. The zero-order valence-electron chi connectivity index (χ0n) is 17.5. The highest BCUT2D eigenvalue weighted by Gasteiger charge is 2.15. The van der Waals surface area contributed by atoms with Crippen molar-refractivity contribution in [1.29, 1.82) is 0 Å². The lowest BCUT2D eigenvalue weighted by Crippen LogP contribution is -2.47. The lowest BCUT2D eigenvalue weighted by molar-refractivity contribution is 0.0468. The monoisotopic (exact) mass is 495 g/mol. The lowest BCUT2D eigenvalue weighted by atomic mass is 10.1. The van der Waals surface area contributed by atoms with Crippen LogP contribution in [0.3, 0.4) is 0 Å². The quantitative estimate of drug-likeness (QED) is 0.169. The number of piperazine rings is 1. The molecule has 0 aromatic rings. The smallest absolute Gasteiger partial charge is 0.191 e. The van der Waals surface area contributed by atoms with E-state index in [1.165, 1.54) is 71.2 Å². The minimum absolute atomic E-state index is 0. The van der Waals surface area contributed by atoms with Crippen LogP contribution in [0.15, 0.2) is 4.99 Å². The van der Waals surface area contributed by atoms with E-state index >= 15 is 0 Å². The van der Waals surface area contributed by atoms with Gasteiger partial charge in [0.1, 0.15) is 0 Å². The Kier molecular flexibility index (Phi) is 14.5. The highest BCUT2D eigenvalue weighted by Crippen LogP contribution is 2.19. The van der Waals surface area contributed by atoms with E-state index in [2.05, 4.69) is 34.3 Å². The maximum Gasteiger partial charge on any atom is 0.191 e. The maximum atomic E-state index is 6.05. The predicted octanol–water partition coefficient (Wildman–Crippen LogP) is 2.54. The number of hydrogen-bond donors (Lipinski definition) is 2. The third-order valence-electron chi connectivity index (χ3n) is 5.49. The molecule has 1 heterocycles. The SMILES string of the molecule is CCNC(=NCCN1CCN(CC)CC1)NCCOC1CCCCCC1.I. The van der Waals surface area contributed by atoms with E-state index in [0.29, 0.717) is 6.10 Å². The van der Waals surface area contributed by atoms with Crippen LogP contribution in [-0.4, -0.2) is 87.4 Å². The third kappa shape index (κ3) is 10.9. The van der Waals surface area contributed by atoms with Gasteiger partial charge in [-0.2, -0.15) is 0 Å². The van der Waals surface area contributed by atoms with Crippen LogP contribution in [0, 0.1) is 0 Å². The van der Waals surface area contributed by atoms with Crippen LogP contribution in [-0.2, 0) is 4.74 Å². The van der Waals surface area contributed by atoms with Gasteiger partial charge in [-0.3, -0.25) is 9.89 Å². The summed E-state index contributed by atoms with van der Waals surface area (Å²) in [5.41, 5.74) is 0. The van der Waals surface area contributed by atoms with Crippen molar-refractivity contribution in [3.63, 3.8) is 0 Å². The first-order chi connectivity index (χ1) is 12.8. The van der Waals surface area contributed by atoms with Crippen molar-refractivity contribution in [3.05, 3.63) is 0 Å². The summed E-state index contributed by atoms with van der Waals surface area (Å²) in [6.45, 7) is 14.6. The molecular weight excluding hydrogens is 453 g/mol. The topological polar surface area (TPSA) is 52.1 Å². The fourth-order valence-electron chi connectivity index (χ4n) is 3.78. The number of halogens is 1. The summed E-state index contributed by atoms with van der Waals surface area (Å²) in [4.78, 5) is 9.77. The van der Waals surface area contributed by atoms with Crippen LogP contribution < -0.4 is 10.6 Å². The average Bonchev–Trinajstić information content (AvgIpc) is 2.94. The zero-order chi connectivity index (χ0) is 18.5. The molecule has 1 aliphatic heterocycles. The van der Waals surface area contributed by atoms with Gasteiger partial charge in [0.2, 0.25) is 0 Å². The van der Waals surface area contributed by atoms with Crippen molar-refractivity contribution in [2.45, 2.75) is 58.5 Å². The third-order valence-corrected chi connectivity index (χ3v) is 5.49. The molecule has 1 aliphatic carbocycles. The van der Waals surface area contributed by atoms with Crippen LogP contribution in [0.25, 0.3) is 0 Å². The Morgan fingerprint density at radius 2 is 1.63 bits per heavy atom. The summed E-state index contributed by atoms with van der Waals surface area (Å²) < 4.78 is 6.05. The number of guanidine groups is 1. The van der Waals surface area contributed by atoms with Gasteiger partial charge in [0, 0.05) is 45.8 Å². The van der Waals surface area contributed by atoms with Crippen molar-refractivity contribution in [2.75, 3.05) is 65.5 Å². The normalized spacial score (nSPS) is 20.7. The van der Waals surface area contributed by atoms with Gasteiger partial charge in [0.05, 0.1) is 19.3 Å². The summed E-state index contributed by atoms with van der Waals surface area (Å²) in [5, 5.41) is 6.76. The van der Waals surface area contributed by atoms with Gasteiger partial charge in [0.25, 0.3) is 0 Å². The number of nitrogens with zero attached hydrogens (tertiary/aromatic N) is 3. The van der Waals surface area contributed by atoms with Gasteiger partial charge in [-0.25, -0.2) is 0 Å². The van der Waals surface area contributed by atoms with E-state index in [-0.39, 0.29) is 24.0 Å². The molecule has 0 bridgehead atoms. The lowest BCUT2D eigenvalue weighted by Gasteiger charge is -2.33. The van der Waals surface area contributed by atoms with Crippen molar-refractivity contribution in [1.82, 2.24) is 20.4 Å². The zero-order valence-corrected chi connectivity index (χ0v) is 19.9. The number of rotatable bonds is 9. The fourth-order valence-corrected chi connectivity index (χ4v) is 3.78. The maximum absolute atomic E-state index is 6.05. The Bertz CT molecular complexity index is 381. The van der Waals surface area contributed by atoms with Gasteiger partial charge in [-0.1, -0.05) is 32.6 Å². The summed E-state index contributed by atoms with van der Waals surface area (Å²) in [7, 11) is 0. The molecule has 6 nitrogen and oxygen atoms in total. The van der Waals surface area contributed by atoms with E-state index in [1.807, 2.05) is 0 Å². The summed E-state index contributed by atoms with van der Waals surface area (Å²) in [6.07, 6.45) is 8.36. The van der Waals surface area contributed by atoms with E-state index in [0.717, 1.165) is 38.7 Å². The van der Waals surface area contributed by atoms with Crippen LogP contribution in [0.5, 0.6) is 0 Å². The Hall–Kier alpha value is -0.120. The van der Waals surface area contributed by atoms with Gasteiger partial charge in [-0.05, 0) is 26.3 Å². The molecular formula is C20H42IN5O.